The van der Waals surface area contributed by atoms with E-state index < -0.39 is 0 Å². The molecule has 1 aliphatic heterocycles. The molecule has 0 saturated carbocycles. The molecule has 4 nitrogen and oxygen atoms in total. The van der Waals surface area contributed by atoms with Crippen LogP contribution in [0.25, 0.3) is 0 Å². The summed E-state index contributed by atoms with van der Waals surface area (Å²) in [5, 5.41) is 0. The Labute approximate surface area is 97.1 Å². The summed E-state index contributed by atoms with van der Waals surface area (Å²) in [6.45, 7) is 6.15. The van der Waals surface area contributed by atoms with Crippen LogP contribution in [0.15, 0.2) is 18.3 Å². The summed E-state index contributed by atoms with van der Waals surface area (Å²) in [6, 6.07) is 4.15. The molecule has 16 heavy (non-hydrogen) atoms. The van der Waals surface area contributed by atoms with E-state index in [0.29, 0.717) is 6.54 Å². The van der Waals surface area contributed by atoms with Crippen LogP contribution in [0, 0.1) is 0 Å². The number of rotatable bonds is 3. The second-order valence-corrected chi connectivity index (χ2v) is 4.44. The van der Waals surface area contributed by atoms with Crippen molar-refractivity contribution in [3.8, 4) is 0 Å². The number of nitrogens with zero attached hydrogens (tertiary/aromatic N) is 3. The smallest absolute Gasteiger partial charge is 0.0539 e. The molecule has 2 heterocycles. The van der Waals surface area contributed by atoms with Gasteiger partial charge in [-0.05, 0) is 18.7 Å². The molecule has 88 valence electrons. The molecule has 0 radical (unpaired) electrons. The van der Waals surface area contributed by atoms with Crippen LogP contribution in [-0.2, 0) is 13.1 Å². The third kappa shape index (κ3) is 3.01. The maximum atomic E-state index is 5.52. The van der Waals surface area contributed by atoms with Crippen molar-refractivity contribution < 1.29 is 0 Å². The van der Waals surface area contributed by atoms with Crippen LogP contribution >= 0.6 is 0 Å². The molecule has 1 fully saturated rings. The SMILES string of the molecule is CN1CCN(Cc2ccc(CN)nc2)CC1. The minimum atomic E-state index is 0.523. The zero-order chi connectivity index (χ0) is 11.4. The van der Waals surface area contributed by atoms with Crippen LogP contribution in [0.4, 0.5) is 0 Å². The van der Waals surface area contributed by atoms with Gasteiger partial charge in [-0.1, -0.05) is 6.07 Å². The number of piperazine rings is 1. The molecule has 0 aliphatic carbocycles. The molecule has 2 rings (SSSR count). The Balaban J connectivity index is 1.88. The third-order valence-corrected chi connectivity index (χ3v) is 3.10. The van der Waals surface area contributed by atoms with E-state index in [2.05, 4.69) is 27.9 Å². The first-order valence-corrected chi connectivity index (χ1v) is 5.82. The summed E-state index contributed by atoms with van der Waals surface area (Å²) < 4.78 is 0. The average molecular weight is 220 g/mol. The van der Waals surface area contributed by atoms with Crippen molar-refractivity contribution in [1.29, 1.82) is 0 Å². The quantitative estimate of drug-likeness (QED) is 0.795. The fourth-order valence-corrected chi connectivity index (χ4v) is 1.93. The van der Waals surface area contributed by atoms with Crippen LogP contribution in [0.3, 0.4) is 0 Å². The van der Waals surface area contributed by atoms with Gasteiger partial charge in [-0.15, -0.1) is 0 Å². The molecular formula is C12H20N4. The van der Waals surface area contributed by atoms with Crippen LogP contribution in [0.2, 0.25) is 0 Å². The number of hydrogen-bond donors (Lipinski definition) is 1. The molecule has 1 aromatic heterocycles. The Morgan fingerprint density at radius 1 is 1.25 bits per heavy atom. The van der Waals surface area contributed by atoms with Crippen molar-refractivity contribution in [3.63, 3.8) is 0 Å². The lowest BCUT2D eigenvalue weighted by Gasteiger charge is -2.32. The van der Waals surface area contributed by atoms with Gasteiger partial charge in [-0.2, -0.15) is 0 Å². The number of pyridine rings is 1. The largest absolute Gasteiger partial charge is 0.325 e. The maximum Gasteiger partial charge on any atom is 0.0539 e. The second kappa shape index (κ2) is 5.39. The van der Waals surface area contributed by atoms with Crippen LogP contribution in [0.1, 0.15) is 11.3 Å². The Hall–Kier alpha value is -0.970. The minimum absolute atomic E-state index is 0.523. The molecule has 1 aromatic rings. The number of nitrogens with two attached hydrogens (primary N) is 1. The Kier molecular flexibility index (Phi) is 3.88. The van der Waals surface area contributed by atoms with Crippen LogP contribution in [0.5, 0.6) is 0 Å². The van der Waals surface area contributed by atoms with Crippen molar-refractivity contribution in [2.45, 2.75) is 13.1 Å². The van der Waals surface area contributed by atoms with E-state index in [1.165, 1.54) is 5.56 Å². The topological polar surface area (TPSA) is 45.4 Å². The minimum Gasteiger partial charge on any atom is -0.325 e. The molecule has 0 aromatic carbocycles. The van der Waals surface area contributed by atoms with Gasteiger partial charge in [-0.3, -0.25) is 9.88 Å². The third-order valence-electron chi connectivity index (χ3n) is 3.10. The molecule has 1 saturated heterocycles. The van der Waals surface area contributed by atoms with Crippen molar-refractivity contribution in [2.24, 2.45) is 5.73 Å². The molecule has 1 aliphatic rings. The molecule has 0 atom stereocenters. The first-order chi connectivity index (χ1) is 7.78. The lowest BCUT2D eigenvalue weighted by atomic mass is 10.2. The molecule has 0 unspecified atom stereocenters. The summed E-state index contributed by atoms with van der Waals surface area (Å²) in [6.07, 6.45) is 1.94. The summed E-state index contributed by atoms with van der Waals surface area (Å²) in [4.78, 5) is 9.15. The van der Waals surface area contributed by atoms with Gasteiger partial charge in [0.2, 0.25) is 0 Å². The normalized spacial score (nSPS) is 18.9. The van der Waals surface area contributed by atoms with E-state index in [-0.39, 0.29) is 0 Å². The zero-order valence-corrected chi connectivity index (χ0v) is 9.89. The maximum absolute atomic E-state index is 5.52. The Morgan fingerprint density at radius 2 is 2.00 bits per heavy atom. The fourth-order valence-electron chi connectivity index (χ4n) is 1.93. The van der Waals surface area contributed by atoms with E-state index in [1.807, 2.05) is 12.3 Å². The van der Waals surface area contributed by atoms with Gasteiger partial charge in [0.05, 0.1) is 5.69 Å². The van der Waals surface area contributed by atoms with Gasteiger partial charge in [0.1, 0.15) is 0 Å². The lowest BCUT2D eigenvalue weighted by molar-refractivity contribution is 0.148. The van der Waals surface area contributed by atoms with E-state index >= 15 is 0 Å². The highest BCUT2D eigenvalue weighted by Crippen LogP contribution is 2.07. The molecule has 4 heteroatoms. The molecular weight excluding hydrogens is 200 g/mol. The lowest BCUT2D eigenvalue weighted by Crippen LogP contribution is -2.43. The van der Waals surface area contributed by atoms with Gasteiger partial charge in [-0.25, -0.2) is 0 Å². The van der Waals surface area contributed by atoms with E-state index in [4.69, 9.17) is 5.73 Å². The van der Waals surface area contributed by atoms with Crippen LogP contribution < -0.4 is 5.73 Å². The molecule has 0 bridgehead atoms. The first-order valence-electron chi connectivity index (χ1n) is 5.82. The predicted octanol–water partition coefficient (Wildman–Crippen LogP) is 0.288. The molecule has 0 amide bonds. The number of hydrogen-bond acceptors (Lipinski definition) is 4. The van der Waals surface area contributed by atoms with Gasteiger partial charge < -0.3 is 10.6 Å². The van der Waals surface area contributed by atoms with E-state index in [0.717, 1.165) is 38.4 Å². The molecule has 0 spiro atoms. The van der Waals surface area contributed by atoms with Gasteiger partial charge >= 0.3 is 0 Å². The highest BCUT2D eigenvalue weighted by molar-refractivity contribution is 5.13. The van der Waals surface area contributed by atoms with Gasteiger partial charge in [0.15, 0.2) is 0 Å². The summed E-state index contributed by atoms with van der Waals surface area (Å²) in [7, 11) is 2.18. The van der Waals surface area contributed by atoms with E-state index in [9.17, 15) is 0 Å². The first kappa shape index (κ1) is 11.5. The van der Waals surface area contributed by atoms with Crippen molar-refractivity contribution >= 4 is 0 Å². The van der Waals surface area contributed by atoms with Crippen LogP contribution in [-0.4, -0.2) is 48.0 Å². The highest BCUT2D eigenvalue weighted by atomic mass is 15.2. The molecule has 2 N–H and O–H groups in total. The second-order valence-electron chi connectivity index (χ2n) is 4.44. The Morgan fingerprint density at radius 3 is 2.56 bits per heavy atom. The van der Waals surface area contributed by atoms with Crippen molar-refractivity contribution in [2.75, 3.05) is 33.2 Å². The van der Waals surface area contributed by atoms with E-state index in [1.54, 1.807) is 0 Å². The summed E-state index contributed by atoms with van der Waals surface area (Å²) >= 11 is 0. The zero-order valence-electron chi connectivity index (χ0n) is 9.89. The number of aromatic nitrogens is 1. The monoisotopic (exact) mass is 220 g/mol. The van der Waals surface area contributed by atoms with Crippen molar-refractivity contribution in [1.82, 2.24) is 14.8 Å². The predicted molar refractivity (Wildman–Crippen MR) is 64.9 cm³/mol. The van der Waals surface area contributed by atoms with Gasteiger partial charge in [0, 0.05) is 45.5 Å². The Bertz CT molecular complexity index is 314. The standard InChI is InChI=1S/C12H20N4/c1-15-4-6-16(7-5-15)10-11-2-3-12(8-13)14-9-11/h2-3,9H,4-8,10,13H2,1H3. The van der Waals surface area contributed by atoms with Gasteiger partial charge in [0.25, 0.3) is 0 Å². The highest BCUT2D eigenvalue weighted by Gasteiger charge is 2.13. The average Bonchev–Trinajstić information content (AvgIpc) is 2.33. The number of likely N-dealkylation sites (N-methyl/N-ethyl adjacent to an activating group) is 1. The fraction of sp³-hybridized carbons (Fsp3) is 0.583. The summed E-state index contributed by atoms with van der Waals surface area (Å²) in [5.41, 5.74) is 7.76. The summed E-state index contributed by atoms with van der Waals surface area (Å²) in [5.74, 6) is 0. The van der Waals surface area contributed by atoms with Crippen molar-refractivity contribution in [3.05, 3.63) is 29.6 Å².